The van der Waals surface area contributed by atoms with Crippen LogP contribution in [0, 0.1) is 6.92 Å². The van der Waals surface area contributed by atoms with Crippen molar-refractivity contribution in [1.82, 2.24) is 30.3 Å². The van der Waals surface area contributed by atoms with Crippen LogP contribution in [0.3, 0.4) is 0 Å². The minimum atomic E-state index is 0.319. The van der Waals surface area contributed by atoms with Crippen molar-refractivity contribution in [2.24, 2.45) is 12.0 Å². The van der Waals surface area contributed by atoms with E-state index >= 15 is 0 Å². The molecule has 1 aliphatic heterocycles. The van der Waals surface area contributed by atoms with Gasteiger partial charge in [-0.25, -0.2) is 4.99 Å². The average molecular weight is 446 g/mol. The van der Waals surface area contributed by atoms with Gasteiger partial charge in [0.05, 0.1) is 19.3 Å². The molecule has 1 aliphatic carbocycles. The van der Waals surface area contributed by atoms with Gasteiger partial charge in [0.1, 0.15) is 12.4 Å². The first-order chi connectivity index (χ1) is 15.2. The molecule has 8 nitrogen and oxygen atoms in total. The van der Waals surface area contributed by atoms with Gasteiger partial charge in [-0.05, 0) is 31.2 Å². The van der Waals surface area contributed by atoms with Gasteiger partial charge in [0.25, 0.3) is 0 Å². The average Bonchev–Trinajstić information content (AvgIpc) is 3.44. The van der Waals surface area contributed by atoms with Crippen molar-refractivity contribution in [3.63, 3.8) is 0 Å². The second-order valence-electron chi connectivity index (χ2n) is 8.43. The van der Waals surface area contributed by atoms with Gasteiger partial charge in [-0.15, -0.1) is 21.5 Å². The molecule has 4 rings (SSSR count). The summed E-state index contributed by atoms with van der Waals surface area (Å²) in [4.78, 5) is 8.80. The Bertz CT molecular complexity index is 823. The summed E-state index contributed by atoms with van der Waals surface area (Å²) >= 11 is 1.82. The van der Waals surface area contributed by atoms with E-state index in [-0.39, 0.29) is 0 Å². The molecule has 2 fully saturated rings. The smallest absolute Gasteiger partial charge is 0.191 e. The summed E-state index contributed by atoms with van der Waals surface area (Å²) in [6, 6.07) is 5.18. The van der Waals surface area contributed by atoms with Gasteiger partial charge < -0.3 is 19.9 Å². The molecule has 31 heavy (non-hydrogen) atoms. The van der Waals surface area contributed by atoms with Crippen LogP contribution >= 0.6 is 11.3 Å². The van der Waals surface area contributed by atoms with Crippen LogP contribution < -0.4 is 10.6 Å². The maximum Gasteiger partial charge on any atom is 0.191 e. The highest BCUT2D eigenvalue weighted by molar-refractivity contribution is 7.10. The molecule has 2 N–H and O–H groups in total. The number of aliphatic imine (C=N–C) groups is 1. The standard InChI is InChI=1S/C22H35N7OS/c1-17-26-27-21(28(17)2)16-24-22(25-18-7-4-3-5-8-18)23-15-19(20-9-6-14-31-20)29-10-12-30-13-11-29/h6,9,14,18-19H,3-5,7-8,10-13,15-16H2,1-2H3,(H2,23,24,25). The van der Waals surface area contributed by atoms with Crippen molar-refractivity contribution >= 4 is 17.3 Å². The second-order valence-corrected chi connectivity index (χ2v) is 9.41. The fourth-order valence-electron chi connectivity index (χ4n) is 4.30. The summed E-state index contributed by atoms with van der Waals surface area (Å²) in [6.45, 7) is 6.82. The normalized spacial score (nSPS) is 20.0. The van der Waals surface area contributed by atoms with Crippen molar-refractivity contribution in [2.75, 3.05) is 32.8 Å². The number of hydrogen-bond acceptors (Lipinski definition) is 6. The fourth-order valence-corrected chi connectivity index (χ4v) is 5.17. The second kappa shape index (κ2) is 11.1. The number of aromatic nitrogens is 3. The Balaban J connectivity index is 1.46. The lowest BCUT2D eigenvalue weighted by atomic mass is 9.96. The van der Waals surface area contributed by atoms with E-state index in [0.29, 0.717) is 18.6 Å². The van der Waals surface area contributed by atoms with Gasteiger partial charge in [-0.3, -0.25) is 4.90 Å². The van der Waals surface area contributed by atoms with Crippen LogP contribution in [0.4, 0.5) is 0 Å². The summed E-state index contributed by atoms with van der Waals surface area (Å²) < 4.78 is 7.59. The molecular weight excluding hydrogens is 410 g/mol. The summed E-state index contributed by atoms with van der Waals surface area (Å²) in [5, 5.41) is 18.0. The lowest BCUT2D eigenvalue weighted by Gasteiger charge is -2.34. The van der Waals surface area contributed by atoms with Gasteiger partial charge in [0.15, 0.2) is 11.8 Å². The zero-order valence-corrected chi connectivity index (χ0v) is 19.5. The van der Waals surface area contributed by atoms with Crippen LogP contribution in [-0.4, -0.2) is 64.5 Å². The van der Waals surface area contributed by atoms with Gasteiger partial charge >= 0.3 is 0 Å². The molecule has 3 heterocycles. The number of ether oxygens (including phenoxy) is 1. The van der Waals surface area contributed by atoms with E-state index < -0.39 is 0 Å². The Kier molecular flexibility index (Phi) is 7.93. The molecule has 2 aromatic heterocycles. The Hall–Kier alpha value is -1.97. The van der Waals surface area contributed by atoms with E-state index in [9.17, 15) is 0 Å². The molecule has 1 atom stereocenters. The van der Waals surface area contributed by atoms with Crippen molar-refractivity contribution in [2.45, 2.75) is 57.7 Å². The molecule has 0 spiro atoms. The van der Waals surface area contributed by atoms with E-state index in [4.69, 9.17) is 9.73 Å². The van der Waals surface area contributed by atoms with E-state index in [2.05, 4.69) is 43.2 Å². The van der Waals surface area contributed by atoms with Crippen molar-refractivity contribution in [3.05, 3.63) is 34.0 Å². The Labute approximate surface area is 189 Å². The molecule has 2 aliphatic rings. The lowest BCUT2D eigenvalue weighted by molar-refractivity contribution is 0.0177. The molecule has 1 saturated carbocycles. The number of aryl methyl sites for hydroxylation is 1. The third-order valence-corrected chi connectivity index (χ3v) is 7.30. The molecule has 9 heteroatoms. The predicted molar refractivity (Wildman–Crippen MR) is 124 cm³/mol. The van der Waals surface area contributed by atoms with Crippen LogP contribution in [0.15, 0.2) is 22.5 Å². The molecule has 0 aromatic carbocycles. The molecule has 170 valence electrons. The fraction of sp³-hybridized carbons (Fsp3) is 0.682. The zero-order chi connectivity index (χ0) is 21.5. The predicted octanol–water partition coefficient (Wildman–Crippen LogP) is 2.63. The van der Waals surface area contributed by atoms with E-state index in [1.807, 2.05) is 29.9 Å². The zero-order valence-electron chi connectivity index (χ0n) is 18.7. The Morgan fingerprint density at radius 2 is 2.06 bits per heavy atom. The van der Waals surface area contributed by atoms with Gasteiger partial charge in [-0.1, -0.05) is 25.3 Å². The van der Waals surface area contributed by atoms with Gasteiger partial charge in [0.2, 0.25) is 0 Å². The van der Waals surface area contributed by atoms with Crippen LogP contribution in [-0.2, 0) is 18.3 Å². The van der Waals surface area contributed by atoms with E-state index in [1.165, 1.54) is 37.0 Å². The Morgan fingerprint density at radius 1 is 1.26 bits per heavy atom. The molecule has 0 amide bonds. The molecular formula is C22H35N7OS. The SMILES string of the molecule is Cc1nnc(CN=C(NCC(c2cccs2)N2CCOCC2)NC2CCCCC2)n1C. The Morgan fingerprint density at radius 3 is 2.74 bits per heavy atom. The third-order valence-electron chi connectivity index (χ3n) is 6.33. The highest BCUT2D eigenvalue weighted by Gasteiger charge is 2.24. The molecule has 2 aromatic rings. The van der Waals surface area contributed by atoms with E-state index in [0.717, 1.165) is 50.5 Å². The molecule has 1 saturated heterocycles. The van der Waals surface area contributed by atoms with Crippen molar-refractivity contribution in [1.29, 1.82) is 0 Å². The summed E-state index contributed by atoms with van der Waals surface area (Å²) in [6.07, 6.45) is 6.34. The van der Waals surface area contributed by atoms with E-state index in [1.54, 1.807) is 0 Å². The topological polar surface area (TPSA) is 79.6 Å². The van der Waals surface area contributed by atoms with Crippen LogP contribution in [0.25, 0.3) is 0 Å². The number of guanidine groups is 1. The van der Waals surface area contributed by atoms with Gasteiger partial charge in [0, 0.05) is 37.6 Å². The minimum Gasteiger partial charge on any atom is -0.379 e. The molecule has 0 radical (unpaired) electrons. The minimum absolute atomic E-state index is 0.319. The lowest BCUT2D eigenvalue weighted by Crippen LogP contribution is -2.48. The van der Waals surface area contributed by atoms with Crippen LogP contribution in [0.5, 0.6) is 0 Å². The maximum absolute atomic E-state index is 5.58. The molecule has 1 unspecified atom stereocenters. The van der Waals surface area contributed by atoms with Crippen LogP contribution in [0.2, 0.25) is 0 Å². The van der Waals surface area contributed by atoms with Crippen LogP contribution in [0.1, 0.15) is 54.7 Å². The number of thiophene rings is 1. The molecule has 0 bridgehead atoms. The number of hydrogen-bond donors (Lipinski definition) is 2. The first-order valence-electron chi connectivity index (χ1n) is 11.5. The quantitative estimate of drug-likeness (QED) is 0.504. The number of rotatable bonds is 7. The third kappa shape index (κ3) is 6.05. The number of morpholine rings is 1. The highest BCUT2D eigenvalue weighted by Crippen LogP contribution is 2.25. The summed E-state index contributed by atoms with van der Waals surface area (Å²) in [7, 11) is 1.99. The van der Waals surface area contributed by atoms with Gasteiger partial charge in [-0.2, -0.15) is 0 Å². The first kappa shape index (κ1) is 22.2. The maximum atomic E-state index is 5.58. The van der Waals surface area contributed by atoms with Crippen molar-refractivity contribution < 1.29 is 4.74 Å². The number of nitrogens with zero attached hydrogens (tertiary/aromatic N) is 5. The first-order valence-corrected chi connectivity index (χ1v) is 12.3. The van der Waals surface area contributed by atoms with Crippen molar-refractivity contribution in [3.8, 4) is 0 Å². The number of nitrogens with one attached hydrogen (secondary N) is 2. The largest absolute Gasteiger partial charge is 0.379 e. The summed E-state index contributed by atoms with van der Waals surface area (Å²) in [5.41, 5.74) is 0. The summed E-state index contributed by atoms with van der Waals surface area (Å²) in [5.74, 6) is 2.66. The monoisotopic (exact) mass is 445 g/mol. The highest BCUT2D eigenvalue weighted by atomic mass is 32.1.